The van der Waals surface area contributed by atoms with Crippen LogP contribution in [0.4, 0.5) is 11.5 Å². The van der Waals surface area contributed by atoms with Crippen LogP contribution < -0.4 is 11.1 Å². The van der Waals surface area contributed by atoms with Gasteiger partial charge in [-0.3, -0.25) is 9.36 Å². The first-order valence-electron chi connectivity index (χ1n) is 9.27. The highest BCUT2D eigenvalue weighted by Crippen LogP contribution is 2.42. The summed E-state index contributed by atoms with van der Waals surface area (Å²) >= 11 is 0. The van der Waals surface area contributed by atoms with E-state index in [0.29, 0.717) is 45.1 Å². The molecule has 2 aromatic carbocycles. The summed E-state index contributed by atoms with van der Waals surface area (Å²) in [5, 5.41) is 13.8. The van der Waals surface area contributed by atoms with Crippen molar-refractivity contribution in [3.05, 3.63) is 58.9 Å². The van der Waals surface area contributed by atoms with E-state index in [2.05, 4.69) is 15.3 Å². The van der Waals surface area contributed by atoms with Crippen molar-refractivity contribution < 1.29 is 9.90 Å². The maximum atomic E-state index is 13.1. The molecule has 144 valence electrons. The molecule has 0 saturated carbocycles. The first-order valence-corrected chi connectivity index (χ1v) is 9.27. The third-order valence-corrected chi connectivity index (χ3v) is 5.45. The quantitative estimate of drug-likeness (QED) is 0.461. The number of para-hydroxylation sites is 1. The van der Waals surface area contributed by atoms with Crippen LogP contribution in [-0.2, 0) is 0 Å². The molecule has 0 atom stereocenters. The Labute approximate surface area is 166 Å². The Morgan fingerprint density at radius 1 is 1.07 bits per heavy atom. The summed E-state index contributed by atoms with van der Waals surface area (Å²) in [4.78, 5) is 22.4. The minimum absolute atomic E-state index is 0.154. The van der Waals surface area contributed by atoms with Crippen LogP contribution in [0, 0.1) is 20.8 Å². The number of hydrogen-bond donors (Lipinski definition) is 3. The molecule has 5 rings (SSSR count). The van der Waals surface area contributed by atoms with Crippen LogP contribution in [0.15, 0.2) is 36.4 Å². The Balaban J connectivity index is 2.00. The monoisotopic (exact) mass is 385 g/mol. The SMILES string of the molecule is Cc1nc2c3c(c(N)n(-c4c(C)ccc(O)c4C)c3n1)C(=O)Nc1ccccc1-2. The zero-order valence-corrected chi connectivity index (χ0v) is 16.2. The van der Waals surface area contributed by atoms with Crippen LogP contribution in [0.1, 0.15) is 27.3 Å². The Hall–Kier alpha value is -3.87. The van der Waals surface area contributed by atoms with Gasteiger partial charge >= 0.3 is 0 Å². The Morgan fingerprint density at radius 3 is 2.62 bits per heavy atom. The number of nitrogens with one attached hydrogen (secondary N) is 1. The largest absolute Gasteiger partial charge is 0.508 e. The molecule has 2 aromatic heterocycles. The van der Waals surface area contributed by atoms with E-state index >= 15 is 0 Å². The lowest BCUT2D eigenvalue weighted by Crippen LogP contribution is -2.14. The fraction of sp³-hybridized carbons (Fsp3) is 0.136. The van der Waals surface area contributed by atoms with Crippen molar-refractivity contribution in [1.82, 2.24) is 14.5 Å². The van der Waals surface area contributed by atoms with Crippen LogP contribution >= 0.6 is 0 Å². The lowest BCUT2D eigenvalue weighted by atomic mass is 10.1. The number of hydrogen-bond acceptors (Lipinski definition) is 5. The summed E-state index contributed by atoms with van der Waals surface area (Å²) in [5.74, 6) is 0.683. The van der Waals surface area contributed by atoms with Crippen molar-refractivity contribution in [2.24, 2.45) is 0 Å². The molecule has 7 heteroatoms. The number of benzene rings is 2. The Bertz CT molecular complexity index is 1350. The van der Waals surface area contributed by atoms with Crippen molar-refractivity contribution in [1.29, 1.82) is 0 Å². The minimum atomic E-state index is -0.305. The van der Waals surface area contributed by atoms with E-state index in [-0.39, 0.29) is 17.5 Å². The van der Waals surface area contributed by atoms with Gasteiger partial charge in [-0.2, -0.15) is 0 Å². The van der Waals surface area contributed by atoms with Crippen molar-refractivity contribution in [3.63, 3.8) is 0 Å². The molecular weight excluding hydrogens is 366 g/mol. The Kier molecular flexibility index (Phi) is 3.46. The number of aromatic hydroxyl groups is 1. The lowest BCUT2D eigenvalue weighted by molar-refractivity contribution is 0.102. The molecule has 0 fully saturated rings. The van der Waals surface area contributed by atoms with Gasteiger partial charge in [0.25, 0.3) is 5.91 Å². The third kappa shape index (κ3) is 2.27. The number of aryl methyl sites for hydroxylation is 2. The van der Waals surface area contributed by atoms with Crippen LogP contribution in [0.3, 0.4) is 0 Å². The number of fused-ring (bicyclic) bond motifs is 2. The van der Waals surface area contributed by atoms with Crippen molar-refractivity contribution in [2.45, 2.75) is 20.8 Å². The Morgan fingerprint density at radius 2 is 1.83 bits per heavy atom. The maximum absolute atomic E-state index is 13.1. The van der Waals surface area contributed by atoms with E-state index in [4.69, 9.17) is 5.73 Å². The maximum Gasteiger partial charge on any atom is 0.260 e. The van der Waals surface area contributed by atoms with Gasteiger partial charge in [0.2, 0.25) is 0 Å². The molecule has 1 aliphatic rings. The van der Waals surface area contributed by atoms with Crippen molar-refractivity contribution >= 4 is 28.4 Å². The number of carbonyl (C=O) groups is 1. The van der Waals surface area contributed by atoms with E-state index in [1.807, 2.05) is 51.1 Å². The van der Waals surface area contributed by atoms with Crippen LogP contribution in [0.2, 0.25) is 0 Å². The summed E-state index contributed by atoms with van der Waals surface area (Å²) in [5.41, 5.74) is 11.9. The number of aromatic nitrogens is 3. The van der Waals surface area contributed by atoms with Gasteiger partial charge in [0.15, 0.2) is 5.65 Å². The van der Waals surface area contributed by atoms with E-state index in [1.165, 1.54) is 0 Å². The molecule has 0 saturated heterocycles. The van der Waals surface area contributed by atoms with Gasteiger partial charge in [0.05, 0.1) is 28.0 Å². The molecular formula is C22H19N5O2. The normalized spacial score (nSPS) is 12.6. The average molecular weight is 385 g/mol. The first-order chi connectivity index (χ1) is 13.9. The summed E-state index contributed by atoms with van der Waals surface area (Å²) in [6.07, 6.45) is 0. The molecule has 3 heterocycles. The predicted octanol–water partition coefficient (Wildman–Crippen LogP) is 3.87. The number of nitrogen functional groups attached to an aromatic ring is 1. The van der Waals surface area contributed by atoms with E-state index in [9.17, 15) is 9.90 Å². The average Bonchev–Trinajstić information content (AvgIpc) is 2.89. The lowest BCUT2D eigenvalue weighted by Gasteiger charge is -2.16. The number of phenols is 1. The number of nitrogens with zero attached hydrogens (tertiary/aromatic N) is 3. The highest BCUT2D eigenvalue weighted by molar-refractivity contribution is 6.22. The van der Waals surface area contributed by atoms with Crippen LogP contribution in [0.25, 0.3) is 28.0 Å². The minimum Gasteiger partial charge on any atom is -0.508 e. The standard InChI is InChI=1S/C22H19N5O2/c1-10-8-9-15(28)11(2)19(10)27-20(23)17-16-18(24-12(3)25-21(16)27)13-6-4-5-7-14(13)26-22(17)29/h4-9,28H,23H2,1-3H3,(H,26,29). The molecule has 4 aromatic rings. The highest BCUT2D eigenvalue weighted by Gasteiger charge is 2.31. The summed E-state index contributed by atoms with van der Waals surface area (Å²) in [7, 11) is 0. The highest BCUT2D eigenvalue weighted by atomic mass is 16.3. The summed E-state index contributed by atoms with van der Waals surface area (Å²) < 4.78 is 1.75. The number of nitrogens with two attached hydrogens (primary N) is 1. The van der Waals surface area contributed by atoms with Gasteiger partial charge in [-0.05, 0) is 38.5 Å². The summed E-state index contributed by atoms with van der Waals surface area (Å²) in [6.45, 7) is 5.57. The number of carbonyl (C=O) groups excluding carboxylic acids is 1. The van der Waals surface area contributed by atoms with E-state index < -0.39 is 0 Å². The van der Waals surface area contributed by atoms with Gasteiger partial charge in [-0.25, -0.2) is 9.97 Å². The second kappa shape index (κ2) is 5.81. The molecule has 0 unspecified atom stereocenters. The smallest absolute Gasteiger partial charge is 0.260 e. The molecule has 1 aliphatic heterocycles. The molecule has 4 N–H and O–H groups in total. The number of anilines is 2. The topological polar surface area (TPSA) is 106 Å². The molecule has 0 bridgehead atoms. The van der Waals surface area contributed by atoms with Gasteiger partial charge in [-0.15, -0.1) is 0 Å². The zero-order chi connectivity index (χ0) is 20.4. The van der Waals surface area contributed by atoms with Crippen LogP contribution in [-0.4, -0.2) is 25.5 Å². The molecule has 1 amide bonds. The first kappa shape index (κ1) is 17.2. The second-order valence-electron chi connectivity index (χ2n) is 7.29. The van der Waals surface area contributed by atoms with Crippen molar-refractivity contribution in [2.75, 3.05) is 11.1 Å². The van der Waals surface area contributed by atoms with Crippen molar-refractivity contribution in [3.8, 4) is 22.7 Å². The molecule has 29 heavy (non-hydrogen) atoms. The number of amides is 1. The van der Waals surface area contributed by atoms with Crippen LogP contribution in [0.5, 0.6) is 5.75 Å². The molecule has 0 aliphatic carbocycles. The predicted molar refractivity (Wildman–Crippen MR) is 113 cm³/mol. The molecule has 0 spiro atoms. The van der Waals surface area contributed by atoms with Gasteiger partial charge in [0.1, 0.15) is 17.4 Å². The zero-order valence-electron chi connectivity index (χ0n) is 16.2. The molecule has 7 nitrogen and oxygen atoms in total. The fourth-order valence-corrected chi connectivity index (χ4v) is 4.11. The van der Waals surface area contributed by atoms with Gasteiger partial charge in [0, 0.05) is 11.1 Å². The fourth-order valence-electron chi connectivity index (χ4n) is 4.11. The number of rotatable bonds is 1. The van der Waals surface area contributed by atoms with E-state index in [0.717, 1.165) is 11.1 Å². The van der Waals surface area contributed by atoms with Gasteiger partial charge < -0.3 is 16.2 Å². The summed E-state index contributed by atoms with van der Waals surface area (Å²) in [6, 6.07) is 11.0. The van der Waals surface area contributed by atoms with E-state index in [1.54, 1.807) is 10.6 Å². The molecule has 0 radical (unpaired) electrons. The number of phenolic OH excluding ortho intramolecular Hbond substituents is 1. The van der Waals surface area contributed by atoms with Gasteiger partial charge in [-0.1, -0.05) is 24.3 Å². The second-order valence-corrected chi connectivity index (χ2v) is 7.29. The third-order valence-electron chi connectivity index (χ3n) is 5.45.